The van der Waals surface area contributed by atoms with E-state index in [-0.39, 0.29) is 0 Å². The van der Waals surface area contributed by atoms with Crippen LogP contribution in [0.4, 0.5) is 0 Å². The van der Waals surface area contributed by atoms with Gasteiger partial charge in [0.1, 0.15) is 11.3 Å². The van der Waals surface area contributed by atoms with Crippen LogP contribution < -0.4 is 10.5 Å². The first-order valence-electron chi connectivity index (χ1n) is 6.14. The van der Waals surface area contributed by atoms with E-state index in [2.05, 4.69) is 20.9 Å². The summed E-state index contributed by atoms with van der Waals surface area (Å²) in [5.74, 6) is 1.32. The zero-order chi connectivity index (χ0) is 14.1. The lowest BCUT2D eigenvalue weighted by molar-refractivity contribution is 0.415. The summed E-state index contributed by atoms with van der Waals surface area (Å²) in [4.78, 5) is 4.50. The van der Waals surface area contributed by atoms with Gasteiger partial charge < -0.3 is 14.9 Å². The molecule has 0 saturated carbocycles. The number of fused-ring (bicyclic) bond motifs is 1. The zero-order valence-corrected chi connectivity index (χ0v) is 12.5. The molecule has 0 unspecified atom stereocenters. The number of rotatable bonds is 3. The molecule has 0 amide bonds. The standard InChI is InChI=1S/C15H13BrN2O2/c1-19-11-6-12(16)14-13(7-11)18-15(20-14)10-4-2-9(8-17)3-5-10/h2-7H,8,17H2,1H3. The Labute approximate surface area is 124 Å². The van der Waals surface area contributed by atoms with Gasteiger partial charge in [-0.3, -0.25) is 0 Å². The Kier molecular flexibility index (Phi) is 3.46. The van der Waals surface area contributed by atoms with Gasteiger partial charge in [0.05, 0.1) is 11.6 Å². The summed E-state index contributed by atoms with van der Waals surface area (Å²) in [7, 11) is 1.63. The molecule has 0 bridgehead atoms. The molecule has 1 aromatic heterocycles. The number of ether oxygens (including phenoxy) is 1. The second kappa shape index (κ2) is 5.26. The SMILES string of the molecule is COc1cc(Br)c2oc(-c3ccc(CN)cc3)nc2c1. The highest BCUT2D eigenvalue weighted by Gasteiger charge is 2.12. The molecule has 0 spiro atoms. The molecule has 0 saturated heterocycles. The summed E-state index contributed by atoms with van der Waals surface area (Å²) < 4.78 is 11.9. The van der Waals surface area contributed by atoms with Crippen LogP contribution in [0, 0.1) is 0 Å². The number of oxazole rings is 1. The molecule has 2 aromatic carbocycles. The van der Waals surface area contributed by atoms with Crippen LogP contribution in [-0.4, -0.2) is 12.1 Å². The third-order valence-corrected chi connectivity index (χ3v) is 3.68. The Balaban J connectivity index is 2.09. The summed E-state index contributed by atoms with van der Waals surface area (Å²) in [6, 6.07) is 11.6. The highest BCUT2D eigenvalue weighted by atomic mass is 79.9. The molecule has 2 N–H and O–H groups in total. The van der Waals surface area contributed by atoms with E-state index < -0.39 is 0 Å². The van der Waals surface area contributed by atoms with E-state index in [1.807, 2.05) is 36.4 Å². The van der Waals surface area contributed by atoms with Gasteiger partial charge in [0.15, 0.2) is 5.58 Å². The second-order valence-electron chi connectivity index (χ2n) is 4.38. The first kappa shape index (κ1) is 13.1. The normalized spacial score (nSPS) is 10.9. The smallest absolute Gasteiger partial charge is 0.227 e. The fourth-order valence-electron chi connectivity index (χ4n) is 1.99. The fraction of sp³-hybridized carbons (Fsp3) is 0.133. The Morgan fingerprint density at radius 3 is 2.65 bits per heavy atom. The summed E-state index contributed by atoms with van der Waals surface area (Å²) in [6.07, 6.45) is 0. The third-order valence-electron chi connectivity index (χ3n) is 3.09. The van der Waals surface area contributed by atoms with Gasteiger partial charge in [0.25, 0.3) is 0 Å². The van der Waals surface area contributed by atoms with Gasteiger partial charge in [-0.25, -0.2) is 4.98 Å². The number of benzene rings is 2. The van der Waals surface area contributed by atoms with Crippen molar-refractivity contribution in [3.8, 4) is 17.2 Å². The Bertz CT molecular complexity index is 750. The maximum atomic E-state index is 5.81. The molecule has 1 heterocycles. The van der Waals surface area contributed by atoms with Gasteiger partial charge in [0, 0.05) is 18.2 Å². The minimum absolute atomic E-state index is 0.524. The molecule has 0 atom stereocenters. The van der Waals surface area contributed by atoms with Crippen molar-refractivity contribution in [2.24, 2.45) is 5.73 Å². The molecule has 3 rings (SSSR count). The number of halogens is 1. The van der Waals surface area contributed by atoms with E-state index >= 15 is 0 Å². The van der Waals surface area contributed by atoms with Crippen LogP contribution in [0.5, 0.6) is 5.75 Å². The Morgan fingerprint density at radius 1 is 1.25 bits per heavy atom. The number of hydrogen-bond acceptors (Lipinski definition) is 4. The number of methoxy groups -OCH3 is 1. The van der Waals surface area contributed by atoms with E-state index in [1.54, 1.807) is 7.11 Å². The monoisotopic (exact) mass is 332 g/mol. The predicted octanol–water partition coefficient (Wildman–Crippen LogP) is 3.72. The largest absolute Gasteiger partial charge is 0.497 e. The Hall–Kier alpha value is -1.85. The molecule has 4 nitrogen and oxygen atoms in total. The number of hydrogen-bond donors (Lipinski definition) is 1. The van der Waals surface area contributed by atoms with Crippen molar-refractivity contribution in [1.82, 2.24) is 4.98 Å². The van der Waals surface area contributed by atoms with Crippen LogP contribution in [0.1, 0.15) is 5.56 Å². The average molecular weight is 333 g/mol. The molecule has 0 radical (unpaired) electrons. The van der Waals surface area contributed by atoms with Crippen molar-refractivity contribution in [2.75, 3.05) is 7.11 Å². The highest BCUT2D eigenvalue weighted by Crippen LogP contribution is 2.32. The quantitative estimate of drug-likeness (QED) is 0.793. The van der Waals surface area contributed by atoms with Gasteiger partial charge >= 0.3 is 0 Å². The summed E-state index contributed by atoms with van der Waals surface area (Å²) in [5, 5.41) is 0. The minimum atomic E-state index is 0.524. The number of aromatic nitrogens is 1. The maximum Gasteiger partial charge on any atom is 0.227 e. The summed E-state index contributed by atoms with van der Waals surface area (Å²) >= 11 is 3.47. The topological polar surface area (TPSA) is 61.3 Å². The van der Waals surface area contributed by atoms with Gasteiger partial charge in [-0.05, 0) is 39.7 Å². The summed E-state index contributed by atoms with van der Waals surface area (Å²) in [6.45, 7) is 0.524. The molecule has 0 aliphatic rings. The minimum Gasteiger partial charge on any atom is -0.497 e. The van der Waals surface area contributed by atoms with Gasteiger partial charge in [-0.1, -0.05) is 12.1 Å². The van der Waals surface area contributed by atoms with Gasteiger partial charge in [0.2, 0.25) is 5.89 Å². The lowest BCUT2D eigenvalue weighted by Crippen LogP contribution is -1.95. The molecule has 102 valence electrons. The molecule has 0 aliphatic heterocycles. The third kappa shape index (κ3) is 2.30. The van der Waals surface area contributed by atoms with Crippen molar-refractivity contribution in [2.45, 2.75) is 6.54 Å². The zero-order valence-electron chi connectivity index (χ0n) is 10.9. The second-order valence-corrected chi connectivity index (χ2v) is 5.23. The molecule has 3 aromatic rings. The first-order valence-corrected chi connectivity index (χ1v) is 6.94. The van der Waals surface area contributed by atoms with Crippen molar-refractivity contribution in [1.29, 1.82) is 0 Å². The molecule has 0 aliphatic carbocycles. The fourth-order valence-corrected chi connectivity index (χ4v) is 2.50. The van der Waals surface area contributed by atoms with Crippen molar-refractivity contribution in [3.05, 3.63) is 46.4 Å². The Morgan fingerprint density at radius 2 is 2.00 bits per heavy atom. The number of nitrogens with zero attached hydrogens (tertiary/aromatic N) is 1. The van der Waals surface area contributed by atoms with E-state index in [0.717, 1.165) is 26.9 Å². The molecule has 5 heteroatoms. The van der Waals surface area contributed by atoms with Crippen LogP contribution in [0.2, 0.25) is 0 Å². The van der Waals surface area contributed by atoms with Crippen molar-refractivity contribution >= 4 is 27.0 Å². The van der Waals surface area contributed by atoms with Crippen LogP contribution in [-0.2, 0) is 6.54 Å². The predicted molar refractivity (Wildman–Crippen MR) is 81.6 cm³/mol. The molecule has 20 heavy (non-hydrogen) atoms. The van der Waals surface area contributed by atoms with Crippen LogP contribution in [0.25, 0.3) is 22.6 Å². The maximum absolute atomic E-state index is 5.81. The van der Waals surface area contributed by atoms with E-state index in [1.165, 1.54) is 0 Å². The van der Waals surface area contributed by atoms with Gasteiger partial charge in [-0.2, -0.15) is 0 Å². The van der Waals surface area contributed by atoms with Crippen molar-refractivity contribution in [3.63, 3.8) is 0 Å². The van der Waals surface area contributed by atoms with Crippen LogP contribution in [0.3, 0.4) is 0 Å². The summed E-state index contributed by atoms with van der Waals surface area (Å²) in [5.41, 5.74) is 9.06. The number of nitrogens with two attached hydrogens (primary N) is 1. The van der Waals surface area contributed by atoms with Crippen molar-refractivity contribution < 1.29 is 9.15 Å². The van der Waals surface area contributed by atoms with E-state index in [0.29, 0.717) is 18.0 Å². The van der Waals surface area contributed by atoms with Crippen LogP contribution >= 0.6 is 15.9 Å². The molecule has 0 fully saturated rings. The van der Waals surface area contributed by atoms with E-state index in [4.69, 9.17) is 14.9 Å². The molecular formula is C15H13BrN2O2. The van der Waals surface area contributed by atoms with Crippen LogP contribution in [0.15, 0.2) is 45.3 Å². The first-order chi connectivity index (χ1) is 9.71. The highest BCUT2D eigenvalue weighted by molar-refractivity contribution is 9.10. The lowest BCUT2D eigenvalue weighted by atomic mass is 10.1. The van der Waals surface area contributed by atoms with Gasteiger partial charge in [-0.15, -0.1) is 0 Å². The molecular weight excluding hydrogens is 320 g/mol. The average Bonchev–Trinajstić information content (AvgIpc) is 2.92. The van der Waals surface area contributed by atoms with E-state index in [9.17, 15) is 0 Å². The lowest BCUT2D eigenvalue weighted by Gasteiger charge is -1.99.